The minimum atomic E-state index is -0.989. The normalized spacial score (nSPS) is 9.94. The van der Waals surface area contributed by atoms with Crippen molar-refractivity contribution in [3.63, 3.8) is 0 Å². The van der Waals surface area contributed by atoms with Crippen molar-refractivity contribution in [1.29, 1.82) is 0 Å². The standard InChI is InChI=1S/C13H10INO2/c14-10-6-8-12(9-7-10)15(13(16)17)11-4-2-1-3-5-11/h1-9H,(H,16,17). The maximum absolute atomic E-state index is 11.3. The number of carbonyl (C=O) groups is 1. The Morgan fingerprint density at radius 2 is 1.47 bits per heavy atom. The molecule has 17 heavy (non-hydrogen) atoms. The second-order valence-corrected chi connectivity index (χ2v) is 4.68. The third-order valence-electron chi connectivity index (χ3n) is 2.29. The van der Waals surface area contributed by atoms with E-state index in [0.717, 1.165) is 3.57 Å². The summed E-state index contributed by atoms with van der Waals surface area (Å²) in [7, 11) is 0. The molecule has 0 atom stereocenters. The number of para-hydroxylation sites is 1. The summed E-state index contributed by atoms with van der Waals surface area (Å²) in [5, 5.41) is 9.27. The van der Waals surface area contributed by atoms with Gasteiger partial charge in [-0.1, -0.05) is 18.2 Å². The van der Waals surface area contributed by atoms with Gasteiger partial charge in [-0.25, -0.2) is 9.69 Å². The van der Waals surface area contributed by atoms with Crippen LogP contribution in [0, 0.1) is 3.57 Å². The Morgan fingerprint density at radius 1 is 0.941 bits per heavy atom. The van der Waals surface area contributed by atoms with Crippen LogP contribution in [0.5, 0.6) is 0 Å². The third-order valence-corrected chi connectivity index (χ3v) is 3.01. The maximum Gasteiger partial charge on any atom is 0.416 e. The summed E-state index contributed by atoms with van der Waals surface area (Å²) in [6.45, 7) is 0. The first-order valence-corrected chi connectivity index (χ1v) is 6.10. The Kier molecular flexibility index (Phi) is 3.63. The lowest BCUT2D eigenvalue weighted by Crippen LogP contribution is -2.23. The van der Waals surface area contributed by atoms with Crippen molar-refractivity contribution in [2.75, 3.05) is 4.90 Å². The first-order valence-electron chi connectivity index (χ1n) is 5.02. The van der Waals surface area contributed by atoms with E-state index in [9.17, 15) is 9.90 Å². The number of benzene rings is 2. The number of hydrogen-bond donors (Lipinski definition) is 1. The zero-order chi connectivity index (χ0) is 12.3. The van der Waals surface area contributed by atoms with E-state index in [-0.39, 0.29) is 0 Å². The lowest BCUT2D eigenvalue weighted by atomic mass is 10.2. The van der Waals surface area contributed by atoms with Crippen molar-refractivity contribution in [1.82, 2.24) is 0 Å². The molecule has 0 radical (unpaired) electrons. The van der Waals surface area contributed by atoms with Gasteiger partial charge in [-0.05, 0) is 59.0 Å². The van der Waals surface area contributed by atoms with Crippen LogP contribution in [0.4, 0.5) is 16.2 Å². The van der Waals surface area contributed by atoms with Gasteiger partial charge < -0.3 is 5.11 Å². The summed E-state index contributed by atoms with van der Waals surface area (Å²) < 4.78 is 1.07. The first-order chi connectivity index (χ1) is 8.18. The van der Waals surface area contributed by atoms with E-state index in [1.54, 1.807) is 24.3 Å². The number of nitrogens with zero attached hydrogens (tertiary/aromatic N) is 1. The van der Waals surface area contributed by atoms with Crippen molar-refractivity contribution in [2.24, 2.45) is 0 Å². The molecule has 1 N–H and O–H groups in total. The number of halogens is 1. The summed E-state index contributed by atoms with van der Waals surface area (Å²) in [6, 6.07) is 16.4. The fraction of sp³-hybridized carbons (Fsp3) is 0. The minimum Gasteiger partial charge on any atom is -0.464 e. The molecule has 3 nitrogen and oxygen atoms in total. The van der Waals surface area contributed by atoms with Crippen molar-refractivity contribution in [2.45, 2.75) is 0 Å². The third kappa shape index (κ3) is 2.76. The zero-order valence-corrected chi connectivity index (χ0v) is 11.0. The van der Waals surface area contributed by atoms with Gasteiger partial charge in [0.05, 0.1) is 11.4 Å². The average molecular weight is 339 g/mol. The Bertz CT molecular complexity index is 511. The fourth-order valence-corrected chi connectivity index (χ4v) is 1.90. The molecule has 86 valence electrons. The van der Waals surface area contributed by atoms with Gasteiger partial charge >= 0.3 is 6.09 Å². The van der Waals surface area contributed by atoms with Crippen LogP contribution < -0.4 is 4.90 Å². The summed E-state index contributed by atoms with van der Waals surface area (Å²) in [5.41, 5.74) is 1.28. The average Bonchev–Trinajstić information content (AvgIpc) is 2.33. The highest BCUT2D eigenvalue weighted by Gasteiger charge is 2.15. The molecule has 0 heterocycles. The smallest absolute Gasteiger partial charge is 0.416 e. The maximum atomic E-state index is 11.3. The molecule has 0 aliphatic carbocycles. The molecule has 0 bridgehead atoms. The highest BCUT2D eigenvalue weighted by Crippen LogP contribution is 2.25. The Balaban J connectivity index is 2.43. The molecular weight excluding hydrogens is 329 g/mol. The van der Waals surface area contributed by atoms with Crippen LogP contribution in [-0.2, 0) is 0 Å². The summed E-state index contributed by atoms with van der Waals surface area (Å²) in [4.78, 5) is 12.6. The molecule has 0 unspecified atom stereocenters. The summed E-state index contributed by atoms with van der Waals surface area (Å²) >= 11 is 2.19. The van der Waals surface area contributed by atoms with Gasteiger partial charge in [0.25, 0.3) is 0 Å². The largest absolute Gasteiger partial charge is 0.464 e. The number of hydrogen-bond acceptors (Lipinski definition) is 1. The van der Waals surface area contributed by atoms with Crippen LogP contribution in [-0.4, -0.2) is 11.2 Å². The molecule has 2 aromatic carbocycles. The monoisotopic (exact) mass is 339 g/mol. The molecule has 0 aromatic heterocycles. The van der Waals surface area contributed by atoms with Gasteiger partial charge in [0.2, 0.25) is 0 Å². The molecular formula is C13H10INO2. The molecule has 0 saturated carbocycles. The van der Waals surface area contributed by atoms with Crippen molar-refractivity contribution in [3.8, 4) is 0 Å². The van der Waals surface area contributed by atoms with E-state index in [2.05, 4.69) is 22.6 Å². The minimum absolute atomic E-state index is 0.640. The highest BCUT2D eigenvalue weighted by atomic mass is 127. The number of rotatable bonds is 2. The van der Waals surface area contributed by atoms with E-state index in [4.69, 9.17) is 0 Å². The van der Waals surface area contributed by atoms with E-state index in [0.29, 0.717) is 11.4 Å². The fourth-order valence-electron chi connectivity index (χ4n) is 1.54. The van der Waals surface area contributed by atoms with E-state index >= 15 is 0 Å². The molecule has 0 spiro atoms. The number of anilines is 2. The van der Waals surface area contributed by atoms with Crippen LogP contribution in [0.3, 0.4) is 0 Å². The molecule has 0 fully saturated rings. The van der Waals surface area contributed by atoms with Crippen LogP contribution in [0.2, 0.25) is 0 Å². The second-order valence-electron chi connectivity index (χ2n) is 3.43. The predicted octanol–water partition coefficient (Wildman–Crippen LogP) is 4.11. The molecule has 1 amide bonds. The van der Waals surface area contributed by atoms with Crippen LogP contribution in [0.1, 0.15) is 0 Å². The van der Waals surface area contributed by atoms with Gasteiger partial charge in [-0.15, -0.1) is 0 Å². The van der Waals surface area contributed by atoms with E-state index in [1.165, 1.54) is 4.90 Å². The topological polar surface area (TPSA) is 40.5 Å². The highest BCUT2D eigenvalue weighted by molar-refractivity contribution is 14.1. The number of amides is 1. The Labute approximate surface area is 113 Å². The van der Waals surface area contributed by atoms with Crippen molar-refractivity contribution >= 4 is 40.1 Å². The second kappa shape index (κ2) is 5.18. The van der Waals surface area contributed by atoms with Crippen molar-refractivity contribution < 1.29 is 9.90 Å². The van der Waals surface area contributed by atoms with Crippen LogP contribution in [0.15, 0.2) is 54.6 Å². The molecule has 0 saturated heterocycles. The predicted molar refractivity (Wildman–Crippen MR) is 75.8 cm³/mol. The molecule has 0 aliphatic heterocycles. The van der Waals surface area contributed by atoms with Gasteiger partial charge in [-0.2, -0.15) is 0 Å². The van der Waals surface area contributed by atoms with Crippen molar-refractivity contribution in [3.05, 3.63) is 58.2 Å². The SMILES string of the molecule is O=C(O)N(c1ccccc1)c1ccc(I)cc1. The Hall–Kier alpha value is -1.56. The molecule has 2 aromatic rings. The van der Waals surface area contributed by atoms with Crippen LogP contribution in [0.25, 0.3) is 0 Å². The van der Waals surface area contributed by atoms with Crippen LogP contribution >= 0.6 is 22.6 Å². The molecule has 2 rings (SSSR count). The molecule has 0 aliphatic rings. The van der Waals surface area contributed by atoms with E-state index < -0.39 is 6.09 Å². The van der Waals surface area contributed by atoms with Gasteiger partial charge in [0.15, 0.2) is 0 Å². The lowest BCUT2D eigenvalue weighted by Gasteiger charge is -2.19. The zero-order valence-electron chi connectivity index (χ0n) is 8.88. The van der Waals surface area contributed by atoms with Gasteiger partial charge in [0, 0.05) is 3.57 Å². The quantitative estimate of drug-likeness (QED) is 0.837. The Morgan fingerprint density at radius 3 is 2.00 bits per heavy atom. The first kappa shape index (κ1) is 11.9. The number of carboxylic acid groups (broad SMARTS) is 1. The molecule has 4 heteroatoms. The summed E-state index contributed by atoms with van der Waals surface area (Å²) in [5.74, 6) is 0. The van der Waals surface area contributed by atoms with Gasteiger partial charge in [-0.3, -0.25) is 0 Å². The lowest BCUT2D eigenvalue weighted by molar-refractivity contribution is 0.205. The van der Waals surface area contributed by atoms with E-state index in [1.807, 2.05) is 30.3 Å². The van der Waals surface area contributed by atoms with Gasteiger partial charge in [0.1, 0.15) is 0 Å². The summed E-state index contributed by atoms with van der Waals surface area (Å²) in [6.07, 6.45) is -0.989.